The van der Waals surface area contributed by atoms with Crippen LogP contribution in [0.3, 0.4) is 0 Å². The highest BCUT2D eigenvalue weighted by Crippen LogP contribution is 2.27. The molecule has 2 aromatic heterocycles. The van der Waals surface area contributed by atoms with Gasteiger partial charge in [0.05, 0.1) is 18.0 Å². The molecule has 0 amide bonds. The van der Waals surface area contributed by atoms with E-state index in [1.165, 1.54) is 4.57 Å². The minimum atomic E-state index is -0.363. The first-order valence-electron chi connectivity index (χ1n) is 8.66. The van der Waals surface area contributed by atoms with E-state index in [0.29, 0.717) is 33.5 Å². The molecule has 4 rings (SSSR count). The number of nitrogens with one attached hydrogen (secondary N) is 1. The minimum absolute atomic E-state index is 0.0503. The van der Waals surface area contributed by atoms with Gasteiger partial charge in [-0.1, -0.05) is 47.6 Å². The zero-order valence-electron chi connectivity index (χ0n) is 14.9. The average molecular weight is 414 g/mol. The van der Waals surface area contributed by atoms with Crippen LogP contribution < -0.4 is 5.56 Å². The number of esters is 1. The van der Waals surface area contributed by atoms with Gasteiger partial charge in [0.2, 0.25) is 0 Å². The molecule has 0 saturated heterocycles. The molecule has 1 N–H and O–H groups in total. The fourth-order valence-electron chi connectivity index (χ4n) is 3.01. The van der Waals surface area contributed by atoms with E-state index in [1.807, 2.05) is 24.3 Å². The topological polar surface area (TPSA) is 77.0 Å². The van der Waals surface area contributed by atoms with Crippen molar-refractivity contribution in [2.75, 3.05) is 12.4 Å². The van der Waals surface area contributed by atoms with Gasteiger partial charge >= 0.3 is 5.97 Å². The fraction of sp³-hybridized carbons (Fsp3) is 0.150. The van der Waals surface area contributed by atoms with Gasteiger partial charge in [0.15, 0.2) is 5.16 Å². The van der Waals surface area contributed by atoms with Crippen LogP contribution in [0, 0.1) is 0 Å². The second-order valence-corrected chi connectivity index (χ2v) is 7.38. The fourth-order valence-corrected chi connectivity index (χ4v) is 4.00. The van der Waals surface area contributed by atoms with E-state index < -0.39 is 0 Å². The van der Waals surface area contributed by atoms with Crippen molar-refractivity contribution in [3.8, 4) is 5.69 Å². The van der Waals surface area contributed by atoms with Crippen molar-refractivity contribution in [1.82, 2.24) is 14.5 Å². The summed E-state index contributed by atoms with van der Waals surface area (Å²) < 4.78 is 6.46. The quantitative estimate of drug-likeness (QED) is 0.302. The van der Waals surface area contributed by atoms with Gasteiger partial charge in [-0.3, -0.25) is 14.2 Å². The number of rotatable bonds is 5. The summed E-state index contributed by atoms with van der Waals surface area (Å²) in [6, 6.07) is 14.5. The SMILES string of the molecule is CCOC(=O)CSc1nc2c([nH]c3ccccc32)c(=O)n1-c1cccc(Cl)c1. The number of aromatic nitrogens is 3. The molecule has 0 aliphatic rings. The molecule has 6 nitrogen and oxygen atoms in total. The van der Waals surface area contributed by atoms with Crippen LogP contribution >= 0.6 is 23.4 Å². The van der Waals surface area contributed by atoms with Crippen molar-refractivity contribution < 1.29 is 9.53 Å². The number of para-hydroxylation sites is 1. The third-order valence-electron chi connectivity index (χ3n) is 4.19. The molecule has 0 aliphatic carbocycles. The standard InChI is InChI=1S/C20H16ClN3O3S/c1-2-27-16(25)11-28-20-23-17-14-8-3-4-9-15(14)22-18(17)19(26)24(20)13-7-5-6-12(21)10-13/h3-10,22H,2,11H2,1H3. The Kier molecular flexibility index (Phi) is 5.11. The molecule has 0 spiro atoms. The summed E-state index contributed by atoms with van der Waals surface area (Å²) in [7, 11) is 0. The lowest BCUT2D eigenvalue weighted by Crippen LogP contribution is -2.22. The number of aromatic amines is 1. The normalized spacial score (nSPS) is 11.2. The van der Waals surface area contributed by atoms with Crippen molar-refractivity contribution in [2.45, 2.75) is 12.1 Å². The number of nitrogens with zero attached hydrogens (tertiary/aromatic N) is 2. The number of H-pyrrole nitrogens is 1. The van der Waals surface area contributed by atoms with Crippen molar-refractivity contribution >= 4 is 51.3 Å². The number of fused-ring (bicyclic) bond motifs is 3. The highest BCUT2D eigenvalue weighted by Gasteiger charge is 2.18. The van der Waals surface area contributed by atoms with Gasteiger partial charge in [0.25, 0.3) is 5.56 Å². The smallest absolute Gasteiger partial charge is 0.316 e. The second kappa shape index (κ2) is 7.69. The van der Waals surface area contributed by atoms with Crippen LogP contribution in [0.2, 0.25) is 5.02 Å². The molecule has 8 heteroatoms. The Morgan fingerprint density at radius 3 is 2.86 bits per heavy atom. The van der Waals surface area contributed by atoms with Gasteiger partial charge < -0.3 is 9.72 Å². The lowest BCUT2D eigenvalue weighted by Gasteiger charge is -2.12. The van der Waals surface area contributed by atoms with Gasteiger partial charge in [-0.25, -0.2) is 4.98 Å². The van der Waals surface area contributed by atoms with E-state index in [1.54, 1.807) is 31.2 Å². The Bertz CT molecular complexity index is 1250. The molecule has 0 aliphatic heterocycles. The van der Waals surface area contributed by atoms with Crippen LogP contribution in [0.25, 0.3) is 27.6 Å². The van der Waals surface area contributed by atoms with Gasteiger partial charge in [-0.15, -0.1) is 0 Å². The lowest BCUT2D eigenvalue weighted by atomic mass is 10.2. The number of halogens is 1. The third kappa shape index (κ3) is 3.39. The van der Waals surface area contributed by atoms with Gasteiger partial charge in [-0.05, 0) is 31.2 Å². The maximum absolute atomic E-state index is 13.3. The maximum atomic E-state index is 13.3. The molecule has 0 fully saturated rings. The van der Waals surface area contributed by atoms with Crippen LogP contribution in [-0.4, -0.2) is 32.9 Å². The summed E-state index contributed by atoms with van der Waals surface area (Å²) >= 11 is 7.28. The molecule has 4 aromatic rings. The molecule has 0 saturated carbocycles. The van der Waals surface area contributed by atoms with E-state index in [2.05, 4.69) is 4.98 Å². The monoisotopic (exact) mass is 413 g/mol. The summed E-state index contributed by atoms with van der Waals surface area (Å²) in [6.07, 6.45) is 0. The first-order valence-corrected chi connectivity index (χ1v) is 10.0. The zero-order chi connectivity index (χ0) is 19.7. The Balaban J connectivity index is 1.94. The van der Waals surface area contributed by atoms with E-state index in [-0.39, 0.29) is 17.3 Å². The molecule has 0 atom stereocenters. The van der Waals surface area contributed by atoms with Gasteiger partial charge in [0.1, 0.15) is 11.0 Å². The van der Waals surface area contributed by atoms with Crippen LogP contribution in [-0.2, 0) is 9.53 Å². The first kappa shape index (κ1) is 18.6. The highest BCUT2D eigenvalue weighted by atomic mass is 35.5. The first-order chi connectivity index (χ1) is 13.6. The molecular formula is C20H16ClN3O3S. The Hall–Kier alpha value is -2.77. The molecule has 28 heavy (non-hydrogen) atoms. The maximum Gasteiger partial charge on any atom is 0.316 e. The van der Waals surface area contributed by atoms with E-state index in [4.69, 9.17) is 21.3 Å². The number of carbonyl (C=O) groups excluding carboxylic acids is 1. The van der Waals surface area contributed by atoms with Crippen molar-refractivity contribution in [1.29, 1.82) is 0 Å². The number of ether oxygens (including phenoxy) is 1. The van der Waals surface area contributed by atoms with Crippen LogP contribution in [0.1, 0.15) is 6.92 Å². The predicted octanol–water partition coefficient (Wildman–Crippen LogP) is 4.18. The lowest BCUT2D eigenvalue weighted by molar-refractivity contribution is -0.139. The number of benzene rings is 2. The predicted molar refractivity (Wildman–Crippen MR) is 112 cm³/mol. The second-order valence-electron chi connectivity index (χ2n) is 6.00. The number of hydrogen-bond donors (Lipinski definition) is 1. The largest absolute Gasteiger partial charge is 0.465 e. The van der Waals surface area contributed by atoms with E-state index in [0.717, 1.165) is 22.7 Å². The Morgan fingerprint density at radius 2 is 2.07 bits per heavy atom. The van der Waals surface area contributed by atoms with Crippen molar-refractivity contribution in [3.63, 3.8) is 0 Å². The van der Waals surface area contributed by atoms with E-state index >= 15 is 0 Å². The van der Waals surface area contributed by atoms with Crippen molar-refractivity contribution in [3.05, 3.63) is 63.9 Å². The summed E-state index contributed by atoms with van der Waals surface area (Å²) in [6.45, 7) is 2.05. The van der Waals surface area contributed by atoms with Gasteiger partial charge in [0, 0.05) is 15.9 Å². The number of thioether (sulfide) groups is 1. The third-order valence-corrected chi connectivity index (χ3v) is 5.33. The van der Waals surface area contributed by atoms with Crippen LogP contribution in [0.5, 0.6) is 0 Å². The number of hydrogen-bond acceptors (Lipinski definition) is 5. The zero-order valence-corrected chi connectivity index (χ0v) is 16.5. The molecule has 2 heterocycles. The molecular weight excluding hydrogens is 398 g/mol. The minimum Gasteiger partial charge on any atom is -0.465 e. The Morgan fingerprint density at radius 1 is 1.25 bits per heavy atom. The molecule has 142 valence electrons. The molecule has 2 aromatic carbocycles. The van der Waals surface area contributed by atoms with Crippen LogP contribution in [0.4, 0.5) is 0 Å². The molecule has 0 unspecified atom stereocenters. The van der Waals surface area contributed by atoms with Crippen LogP contribution in [0.15, 0.2) is 58.5 Å². The molecule has 0 radical (unpaired) electrons. The summed E-state index contributed by atoms with van der Waals surface area (Å²) in [4.78, 5) is 33.0. The Labute approximate surface area is 169 Å². The highest BCUT2D eigenvalue weighted by molar-refractivity contribution is 7.99. The summed E-state index contributed by atoms with van der Waals surface area (Å²) in [5, 5.41) is 1.76. The number of carbonyl (C=O) groups is 1. The summed E-state index contributed by atoms with van der Waals surface area (Å²) in [5.41, 5.74) is 2.13. The molecule has 0 bridgehead atoms. The van der Waals surface area contributed by atoms with Gasteiger partial charge in [-0.2, -0.15) is 0 Å². The van der Waals surface area contributed by atoms with Crippen molar-refractivity contribution in [2.24, 2.45) is 0 Å². The average Bonchev–Trinajstić information content (AvgIpc) is 3.06. The summed E-state index contributed by atoms with van der Waals surface area (Å²) in [5.74, 6) is -0.312. The van der Waals surface area contributed by atoms with E-state index in [9.17, 15) is 9.59 Å².